The molecule has 1 aliphatic rings. The van der Waals surface area contributed by atoms with Crippen molar-refractivity contribution in [2.75, 3.05) is 11.9 Å². The minimum Gasteiger partial charge on any atom is -0.436 e. The van der Waals surface area contributed by atoms with Crippen molar-refractivity contribution in [1.82, 2.24) is 4.98 Å². The summed E-state index contributed by atoms with van der Waals surface area (Å²) in [5.74, 6) is 0.441. The summed E-state index contributed by atoms with van der Waals surface area (Å²) in [5.41, 5.74) is 3.10. The molecule has 0 aliphatic carbocycles. The highest BCUT2D eigenvalue weighted by atomic mass is 16.5. The number of benzene rings is 2. The number of para-hydroxylation sites is 2. The number of nitrogens with zero attached hydrogens (tertiary/aromatic N) is 1. The molecule has 1 amide bonds. The van der Waals surface area contributed by atoms with Crippen molar-refractivity contribution in [3.63, 3.8) is 0 Å². The highest BCUT2D eigenvalue weighted by Gasteiger charge is 2.23. The molecule has 1 fully saturated rings. The van der Waals surface area contributed by atoms with Gasteiger partial charge in [-0.25, -0.2) is 4.98 Å². The van der Waals surface area contributed by atoms with E-state index in [4.69, 9.17) is 9.15 Å². The minimum atomic E-state index is -0.344. The van der Waals surface area contributed by atoms with Crippen molar-refractivity contribution < 1.29 is 13.9 Å². The summed E-state index contributed by atoms with van der Waals surface area (Å²) in [5, 5.41) is 2.89. The summed E-state index contributed by atoms with van der Waals surface area (Å²) in [6.45, 7) is 0.654. The number of fused-ring (bicyclic) bond motifs is 1. The van der Waals surface area contributed by atoms with Crippen LogP contribution in [0.4, 0.5) is 5.69 Å². The van der Waals surface area contributed by atoms with Gasteiger partial charge in [0.25, 0.3) is 5.91 Å². The van der Waals surface area contributed by atoms with Crippen LogP contribution in [0.1, 0.15) is 12.8 Å². The smallest absolute Gasteiger partial charge is 0.253 e. The van der Waals surface area contributed by atoms with Crippen molar-refractivity contribution in [2.45, 2.75) is 18.9 Å². The van der Waals surface area contributed by atoms with Crippen LogP contribution in [0, 0.1) is 0 Å². The van der Waals surface area contributed by atoms with E-state index in [0.717, 1.165) is 29.5 Å². The van der Waals surface area contributed by atoms with E-state index in [0.29, 0.717) is 18.2 Å². The monoisotopic (exact) mass is 308 g/mol. The molecule has 0 saturated carbocycles. The van der Waals surface area contributed by atoms with E-state index < -0.39 is 0 Å². The number of anilines is 1. The lowest BCUT2D eigenvalue weighted by molar-refractivity contribution is -0.124. The number of rotatable bonds is 3. The van der Waals surface area contributed by atoms with Crippen LogP contribution < -0.4 is 5.32 Å². The standard InChI is InChI=1S/C18H16N2O3/c21-17(16-9-4-10-22-16)19-13-6-3-5-12(11-13)18-20-14-7-1-2-8-15(14)23-18/h1-3,5-8,11,16H,4,9-10H2,(H,19,21)/t16-/m1/s1. The largest absolute Gasteiger partial charge is 0.436 e. The van der Waals surface area contributed by atoms with E-state index >= 15 is 0 Å². The van der Waals surface area contributed by atoms with Gasteiger partial charge in [-0.15, -0.1) is 0 Å². The average Bonchev–Trinajstić information content (AvgIpc) is 3.24. The molecule has 1 atom stereocenters. The molecule has 23 heavy (non-hydrogen) atoms. The Labute approximate surface area is 133 Å². The maximum absolute atomic E-state index is 12.1. The maximum Gasteiger partial charge on any atom is 0.253 e. The number of oxazole rings is 1. The zero-order chi connectivity index (χ0) is 15.6. The lowest BCUT2D eigenvalue weighted by Gasteiger charge is -2.10. The molecule has 0 spiro atoms. The van der Waals surface area contributed by atoms with E-state index in [1.165, 1.54) is 0 Å². The number of nitrogens with one attached hydrogen (secondary N) is 1. The van der Waals surface area contributed by atoms with Crippen LogP contribution in [0.15, 0.2) is 52.9 Å². The second-order valence-corrected chi connectivity index (χ2v) is 5.56. The normalized spacial score (nSPS) is 17.5. The molecule has 5 heteroatoms. The topological polar surface area (TPSA) is 64.4 Å². The Bertz CT molecular complexity index is 817. The zero-order valence-corrected chi connectivity index (χ0v) is 12.5. The average molecular weight is 308 g/mol. The molecule has 2 aromatic carbocycles. The third kappa shape index (κ3) is 2.83. The SMILES string of the molecule is O=C(Nc1cccc(-c2nc3ccccc3o2)c1)[C@H]1CCCO1. The summed E-state index contributed by atoms with van der Waals surface area (Å²) in [4.78, 5) is 16.6. The lowest BCUT2D eigenvalue weighted by atomic mass is 10.2. The Kier molecular flexibility index (Phi) is 3.55. The van der Waals surface area contributed by atoms with Crippen molar-refractivity contribution in [3.8, 4) is 11.5 Å². The lowest BCUT2D eigenvalue weighted by Crippen LogP contribution is -2.26. The Morgan fingerprint density at radius 3 is 2.91 bits per heavy atom. The van der Waals surface area contributed by atoms with Crippen molar-refractivity contribution >= 4 is 22.7 Å². The summed E-state index contributed by atoms with van der Waals surface area (Å²) in [6.07, 6.45) is 1.36. The number of carbonyl (C=O) groups is 1. The molecular formula is C18H16N2O3. The number of hydrogen-bond donors (Lipinski definition) is 1. The maximum atomic E-state index is 12.1. The van der Waals surface area contributed by atoms with Crippen LogP contribution in [0.2, 0.25) is 0 Å². The van der Waals surface area contributed by atoms with Crippen LogP contribution in [0.5, 0.6) is 0 Å². The van der Waals surface area contributed by atoms with Crippen molar-refractivity contribution in [3.05, 3.63) is 48.5 Å². The molecule has 1 saturated heterocycles. The number of aromatic nitrogens is 1. The van der Waals surface area contributed by atoms with Crippen LogP contribution in [-0.2, 0) is 9.53 Å². The molecule has 4 rings (SSSR count). The number of hydrogen-bond acceptors (Lipinski definition) is 4. The number of ether oxygens (including phenoxy) is 1. The van der Waals surface area contributed by atoms with Crippen molar-refractivity contribution in [2.24, 2.45) is 0 Å². The first-order chi connectivity index (χ1) is 11.3. The van der Waals surface area contributed by atoms with Gasteiger partial charge in [0.1, 0.15) is 11.6 Å². The predicted octanol–water partition coefficient (Wildman–Crippen LogP) is 3.61. The van der Waals surface area contributed by atoms with Gasteiger partial charge >= 0.3 is 0 Å². The fraction of sp³-hybridized carbons (Fsp3) is 0.222. The van der Waals surface area contributed by atoms with Crippen LogP contribution in [0.25, 0.3) is 22.6 Å². The van der Waals surface area contributed by atoms with E-state index in [2.05, 4.69) is 10.3 Å². The van der Waals surface area contributed by atoms with Crippen LogP contribution in [0.3, 0.4) is 0 Å². The molecule has 0 bridgehead atoms. The highest BCUT2D eigenvalue weighted by molar-refractivity contribution is 5.94. The highest BCUT2D eigenvalue weighted by Crippen LogP contribution is 2.26. The number of amides is 1. The van der Waals surface area contributed by atoms with E-state index in [9.17, 15) is 4.79 Å². The van der Waals surface area contributed by atoms with Gasteiger partial charge < -0.3 is 14.5 Å². The fourth-order valence-electron chi connectivity index (χ4n) is 2.73. The molecule has 2 heterocycles. The van der Waals surface area contributed by atoms with Gasteiger partial charge in [0.2, 0.25) is 5.89 Å². The molecule has 0 radical (unpaired) electrons. The second kappa shape index (κ2) is 5.85. The van der Waals surface area contributed by atoms with Gasteiger partial charge in [0.05, 0.1) is 0 Å². The molecule has 3 aromatic rings. The molecule has 1 aromatic heterocycles. The van der Waals surface area contributed by atoms with Gasteiger partial charge in [0, 0.05) is 17.9 Å². The molecule has 0 unspecified atom stereocenters. The first kappa shape index (κ1) is 14.0. The third-order valence-corrected chi connectivity index (χ3v) is 3.89. The fourth-order valence-corrected chi connectivity index (χ4v) is 2.73. The minimum absolute atomic E-state index is 0.0998. The molecular weight excluding hydrogens is 292 g/mol. The first-order valence-corrected chi connectivity index (χ1v) is 7.68. The molecule has 1 N–H and O–H groups in total. The first-order valence-electron chi connectivity index (χ1n) is 7.68. The summed E-state index contributed by atoms with van der Waals surface area (Å²) in [6, 6.07) is 15.1. The Balaban J connectivity index is 1.59. The quantitative estimate of drug-likeness (QED) is 0.802. The molecule has 116 valence electrons. The van der Waals surface area contributed by atoms with Gasteiger partial charge in [-0.3, -0.25) is 4.79 Å². The predicted molar refractivity (Wildman–Crippen MR) is 87.0 cm³/mol. The third-order valence-electron chi connectivity index (χ3n) is 3.89. The Morgan fingerprint density at radius 2 is 2.09 bits per heavy atom. The van der Waals surface area contributed by atoms with Crippen LogP contribution in [-0.4, -0.2) is 23.6 Å². The zero-order valence-electron chi connectivity index (χ0n) is 12.5. The Hall–Kier alpha value is -2.66. The van der Waals surface area contributed by atoms with Crippen molar-refractivity contribution in [1.29, 1.82) is 0 Å². The van der Waals surface area contributed by atoms with E-state index in [1.807, 2.05) is 48.5 Å². The Morgan fingerprint density at radius 1 is 1.17 bits per heavy atom. The summed E-state index contributed by atoms with van der Waals surface area (Å²) >= 11 is 0. The molecule has 5 nitrogen and oxygen atoms in total. The summed E-state index contributed by atoms with van der Waals surface area (Å²) < 4.78 is 11.2. The van der Waals surface area contributed by atoms with Crippen LogP contribution >= 0.6 is 0 Å². The van der Waals surface area contributed by atoms with Gasteiger partial charge in [-0.1, -0.05) is 18.2 Å². The summed E-state index contributed by atoms with van der Waals surface area (Å²) in [7, 11) is 0. The van der Waals surface area contributed by atoms with Gasteiger partial charge in [-0.05, 0) is 43.2 Å². The van der Waals surface area contributed by atoms with Gasteiger partial charge in [0.15, 0.2) is 5.58 Å². The van der Waals surface area contributed by atoms with E-state index in [1.54, 1.807) is 0 Å². The second-order valence-electron chi connectivity index (χ2n) is 5.56. The van der Waals surface area contributed by atoms with Gasteiger partial charge in [-0.2, -0.15) is 0 Å². The number of carbonyl (C=O) groups excluding carboxylic acids is 1. The molecule has 1 aliphatic heterocycles. The van der Waals surface area contributed by atoms with E-state index in [-0.39, 0.29) is 12.0 Å².